The summed E-state index contributed by atoms with van der Waals surface area (Å²) in [5.41, 5.74) is 0. The van der Waals surface area contributed by atoms with Crippen LogP contribution in [0.4, 0.5) is 0 Å². The van der Waals surface area contributed by atoms with Gasteiger partial charge in [0.1, 0.15) is 14.7 Å². The number of ketones is 1. The van der Waals surface area contributed by atoms with E-state index in [1.807, 2.05) is 13.8 Å². The smallest absolute Gasteiger partial charge is 0.269 e. The van der Waals surface area contributed by atoms with E-state index in [1.165, 1.54) is 0 Å². The molecule has 0 aromatic carbocycles. The van der Waals surface area contributed by atoms with Crippen LogP contribution in [0.5, 0.6) is 0 Å². The van der Waals surface area contributed by atoms with Gasteiger partial charge in [-0.05, 0) is 31.9 Å². The number of carbonyl (C=O) groups excluding carboxylic acids is 3. The molecule has 1 aliphatic rings. The SMILES string of the molecule is CC(C)C(=O)CCOCCOCCOCCN1C(=O)C(Br)=C(Br)C1=O. The Hall–Kier alpha value is -0.610. The topological polar surface area (TPSA) is 82.1 Å². The zero-order valence-electron chi connectivity index (χ0n) is 14.4. The summed E-state index contributed by atoms with van der Waals surface area (Å²) in [6.07, 6.45) is 0.426. The first kappa shape index (κ1) is 22.4. The van der Waals surface area contributed by atoms with Crippen molar-refractivity contribution in [3.05, 3.63) is 8.96 Å². The van der Waals surface area contributed by atoms with E-state index in [4.69, 9.17) is 14.2 Å². The number of nitrogens with zero attached hydrogens (tertiary/aromatic N) is 1. The first-order chi connectivity index (χ1) is 11.9. The largest absolute Gasteiger partial charge is 0.379 e. The van der Waals surface area contributed by atoms with Crippen molar-refractivity contribution in [1.82, 2.24) is 4.90 Å². The Labute approximate surface area is 164 Å². The van der Waals surface area contributed by atoms with Crippen molar-refractivity contribution in [3.8, 4) is 0 Å². The van der Waals surface area contributed by atoms with Gasteiger partial charge in [0.2, 0.25) is 0 Å². The van der Waals surface area contributed by atoms with Crippen molar-refractivity contribution in [2.45, 2.75) is 20.3 Å². The second-order valence-corrected chi connectivity index (χ2v) is 7.18. The first-order valence-corrected chi connectivity index (χ1v) is 9.62. The number of halogens is 2. The van der Waals surface area contributed by atoms with Crippen molar-refractivity contribution < 1.29 is 28.6 Å². The molecule has 0 unspecified atom stereocenters. The van der Waals surface area contributed by atoms with Crippen LogP contribution in [0.15, 0.2) is 8.96 Å². The minimum Gasteiger partial charge on any atom is -0.379 e. The van der Waals surface area contributed by atoms with Gasteiger partial charge in [-0.2, -0.15) is 0 Å². The molecule has 7 nitrogen and oxygen atoms in total. The number of hydrogen-bond acceptors (Lipinski definition) is 6. The monoisotopic (exact) mass is 483 g/mol. The molecule has 0 spiro atoms. The minimum atomic E-state index is -0.371. The van der Waals surface area contributed by atoms with E-state index in [2.05, 4.69) is 31.9 Å². The second kappa shape index (κ2) is 11.9. The molecule has 0 radical (unpaired) electrons. The van der Waals surface area contributed by atoms with Gasteiger partial charge in [0.15, 0.2) is 0 Å². The Morgan fingerprint density at radius 3 is 1.80 bits per heavy atom. The van der Waals surface area contributed by atoms with Crippen LogP contribution in [-0.4, -0.2) is 68.7 Å². The van der Waals surface area contributed by atoms with E-state index >= 15 is 0 Å². The molecular weight excluding hydrogens is 462 g/mol. The molecule has 0 N–H and O–H groups in total. The molecule has 0 fully saturated rings. The summed E-state index contributed by atoms with van der Waals surface area (Å²) in [6.45, 7) is 6.18. The van der Waals surface area contributed by atoms with Crippen LogP contribution in [0.25, 0.3) is 0 Å². The number of amides is 2. The lowest BCUT2D eigenvalue weighted by Gasteiger charge is -2.14. The lowest BCUT2D eigenvalue weighted by atomic mass is 10.1. The van der Waals surface area contributed by atoms with Gasteiger partial charge >= 0.3 is 0 Å². The molecule has 0 aromatic rings. The van der Waals surface area contributed by atoms with E-state index in [1.54, 1.807) is 0 Å². The molecule has 2 amide bonds. The van der Waals surface area contributed by atoms with Crippen molar-refractivity contribution in [1.29, 1.82) is 0 Å². The average molecular weight is 485 g/mol. The maximum atomic E-state index is 11.8. The van der Waals surface area contributed by atoms with Gasteiger partial charge in [-0.1, -0.05) is 13.8 Å². The summed E-state index contributed by atoms with van der Waals surface area (Å²) in [7, 11) is 0. The predicted molar refractivity (Wildman–Crippen MR) is 98.5 cm³/mol. The highest BCUT2D eigenvalue weighted by atomic mass is 79.9. The summed E-state index contributed by atoms with van der Waals surface area (Å²) in [6, 6.07) is 0. The van der Waals surface area contributed by atoms with Crippen LogP contribution < -0.4 is 0 Å². The number of imide groups is 1. The fraction of sp³-hybridized carbons (Fsp3) is 0.688. The van der Waals surface area contributed by atoms with Gasteiger partial charge in [0, 0.05) is 12.3 Å². The number of ether oxygens (including phenoxy) is 3. The fourth-order valence-electron chi connectivity index (χ4n) is 1.88. The van der Waals surface area contributed by atoms with Crippen LogP contribution >= 0.6 is 31.9 Å². The second-order valence-electron chi connectivity index (χ2n) is 5.60. The molecule has 9 heteroatoms. The molecule has 0 bridgehead atoms. The summed E-state index contributed by atoms with van der Waals surface area (Å²) in [4.78, 5) is 36.0. The standard InChI is InChI=1S/C16H23Br2NO6/c1-11(2)12(20)3-5-23-7-9-25-10-8-24-6-4-19-15(21)13(17)14(18)16(19)22/h11H,3-10H2,1-2H3. The maximum Gasteiger partial charge on any atom is 0.269 e. The number of Topliss-reactive ketones (excluding diaryl/α,β-unsaturated/α-hetero) is 1. The quantitative estimate of drug-likeness (QED) is 0.294. The Morgan fingerprint density at radius 2 is 1.32 bits per heavy atom. The number of rotatable bonds is 13. The van der Waals surface area contributed by atoms with E-state index in [9.17, 15) is 14.4 Å². The van der Waals surface area contributed by atoms with Crippen LogP contribution in [0.3, 0.4) is 0 Å². The normalized spacial score (nSPS) is 15.0. The van der Waals surface area contributed by atoms with Gasteiger partial charge in [-0.25, -0.2) is 0 Å². The fourth-order valence-corrected chi connectivity index (χ4v) is 2.65. The van der Waals surface area contributed by atoms with Gasteiger partial charge < -0.3 is 14.2 Å². The van der Waals surface area contributed by atoms with E-state index in [0.717, 1.165) is 4.90 Å². The Kier molecular flexibility index (Phi) is 10.7. The number of hydrogen-bond donors (Lipinski definition) is 0. The molecular formula is C16H23Br2NO6. The van der Waals surface area contributed by atoms with E-state index in [-0.39, 0.29) is 45.6 Å². The highest BCUT2D eigenvalue weighted by Crippen LogP contribution is 2.28. The molecule has 0 atom stereocenters. The average Bonchev–Trinajstić information content (AvgIpc) is 2.76. The molecule has 0 aliphatic carbocycles. The van der Waals surface area contributed by atoms with Gasteiger partial charge in [0.05, 0.1) is 46.2 Å². The van der Waals surface area contributed by atoms with Crippen LogP contribution in [-0.2, 0) is 28.6 Å². The number of carbonyl (C=O) groups is 3. The molecule has 1 heterocycles. The highest BCUT2D eigenvalue weighted by molar-refractivity contribution is 9.14. The zero-order valence-corrected chi connectivity index (χ0v) is 17.6. The third kappa shape index (κ3) is 7.65. The predicted octanol–water partition coefficient (Wildman–Crippen LogP) is 2.02. The molecule has 25 heavy (non-hydrogen) atoms. The molecule has 0 saturated heterocycles. The summed E-state index contributed by atoms with van der Waals surface area (Å²) < 4.78 is 16.4. The molecule has 1 aliphatic heterocycles. The molecule has 0 saturated carbocycles. The molecule has 142 valence electrons. The first-order valence-electron chi connectivity index (χ1n) is 8.03. The van der Waals surface area contributed by atoms with E-state index in [0.29, 0.717) is 39.5 Å². The summed E-state index contributed by atoms with van der Waals surface area (Å²) >= 11 is 6.13. The van der Waals surface area contributed by atoms with Crippen molar-refractivity contribution in [3.63, 3.8) is 0 Å². The Balaban J connectivity index is 1.94. The zero-order chi connectivity index (χ0) is 18.8. The van der Waals surface area contributed by atoms with Gasteiger partial charge in [-0.15, -0.1) is 0 Å². The Bertz CT molecular complexity index is 497. The van der Waals surface area contributed by atoms with Crippen molar-refractivity contribution in [2.75, 3.05) is 46.2 Å². The maximum absolute atomic E-state index is 11.8. The minimum absolute atomic E-state index is 0.0427. The molecule has 0 aromatic heterocycles. The van der Waals surface area contributed by atoms with Crippen LogP contribution in [0, 0.1) is 5.92 Å². The molecule has 1 rings (SSSR count). The van der Waals surface area contributed by atoms with Crippen LogP contribution in [0.2, 0.25) is 0 Å². The highest BCUT2D eigenvalue weighted by Gasteiger charge is 2.35. The summed E-state index contributed by atoms with van der Waals surface area (Å²) in [5, 5.41) is 0. The summed E-state index contributed by atoms with van der Waals surface area (Å²) in [5.74, 6) is -0.505. The Morgan fingerprint density at radius 1 is 0.880 bits per heavy atom. The lowest BCUT2D eigenvalue weighted by Crippen LogP contribution is -2.34. The van der Waals surface area contributed by atoms with E-state index < -0.39 is 0 Å². The van der Waals surface area contributed by atoms with Crippen LogP contribution in [0.1, 0.15) is 20.3 Å². The van der Waals surface area contributed by atoms with Gasteiger partial charge in [0.25, 0.3) is 11.8 Å². The van der Waals surface area contributed by atoms with Crippen molar-refractivity contribution in [2.24, 2.45) is 5.92 Å². The third-order valence-electron chi connectivity index (χ3n) is 3.40. The van der Waals surface area contributed by atoms with Gasteiger partial charge in [-0.3, -0.25) is 19.3 Å². The lowest BCUT2D eigenvalue weighted by molar-refractivity contribution is -0.138. The van der Waals surface area contributed by atoms with Crippen molar-refractivity contribution >= 4 is 49.5 Å². The third-order valence-corrected chi connectivity index (χ3v) is 5.40.